The number of benzene rings is 1. The van der Waals surface area contributed by atoms with E-state index in [1.165, 1.54) is 5.56 Å². The summed E-state index contributed by atoms with van der Waals surface area (Å²) in [6.07, 6.45) is 2.84. The van der Waals surface area contributed by atoms with E-state index in [-0.39, 0.29) is 12.0 Å². The molecule has 1 aromatic rings. The number of ether oxygens (including phenoxy) is 2. The van der Waals surface area contributed by atoms with Crippen molar-refractivity contribution in [3.63, 3.8) is 0 Å². The van der Waals surface area contributed by atoms with Crippen molar-refractivity contribution in [3.8, 4) is 11.5 Å². The Morgan fingerprint density at radius 3 is 2.95 bits per heavy atom. The fraction of sp³-hybridized carbons (Fsp3) is 0.647. The molecule has 0 bridgehead atoms. The van der Waals surface area contributed by atoms with Gasteiger partial charge in [-0.3, -0.25) is 0 Å². The van der Waals surface area contributed by atoms with E-state index in [2.05, 4.69) is 25.2 Å². The molecule has 21 heavy (non-hydrogen) atoms. The molecule has 4 nitrogen and oxygen atoms in total. The summed E-state index contributed by atoms with van der Waals surface area (Å²) in [7, 11) is 1.69. The second-order valence-corrected chi connectivity index (χ2v) is 6.47. The highest BCUT2D eigenvalue weighted by Crippen LogP contribution is 2.35. The number of aliphatic hydroxyl groups is 1. The summed E-state index contributed by atoms with van der Waals surface area (Å²) in [4.78, 5) is 0. The molecule has 2 N–H and O–H groups in total. The summed E-state index contributed by atoms with van der Waals surface area (Å²) in [6, 6.07) is 6.29. The van der Waals surface area contributed by atoms with Crippen LogP contribution in [0.25, 0.3) is 0 Å². The van der Waals surface area contributed by atoms with Gasteiger partial charge < -0.3 is 19.9 Å². The van der Waals surface area contributed by atoms with Crippen molar-refractivity contribution in [2.75, 3.05) is 26.9 Å². The predicted molar refractivity (Wildman–Crippen MR) is 84.0 cm³/mol. The highest BCUT2D eigenvalue weighted by Gasteiger charge is 2.25. The molecule has 1 unspecified atom stereocenters. The van der Waals surface area contributed by atoms with E-state index in [0.717, 1.165) is 43.9 Å². The number of methoxy groups -OCH3 is 1. The van der Waals surface area contributed by atoms with Crippen molar-refractivity contribution in [1.82, 2.24) is 5.32 Å². The van der Waals surface area contributed by atoms with Gasteiger partial charge in [0.1, 0.15) is 11.5 Å². The molecule has 1 heterocycles. The van der Waals surface area contributed by atoms with Gasteiger partial charge in [0, 0.05) is 31.2 Å². The normalized spacial score (nSPS) is 18.0. The average Bonchev–Trinajstić information content (AvgIpc) is 2.50. The van der Waals surface area contributed by atoms with Gasteiger partial charge in [0.15, 0.2) is 0 Å². The second kappa shape index (κ2) is 7.14. The van der Waals surface area contributed by atoms with Crippen LogP contribution in [0.1, 0.15) is 44.7 Å². The Hall–Kier alpha value is -1.26. The van der Waals surface area contributed by atoms with Crippen LogP contribution in [0.3, 0.4) is 0 Å². The molecular formula is C17H27NO3. The molecule has 1 aliphatic heterocycles. The predicted octanol–water partition coefficient (Wildman–Crippen LogP) is 2.91. The molecule has 1 aromatic carbocycles. The third-order valence-electron chi connectivity index (χ3n) is 4.10. The van der Waals surface area contributed by atoms with Gasteiger partial charge in [-0.1, -0.05) is 13.8 Å². The molecule has 1 atom stereocenters. The van der Waals surface area contributed by atoms with Gasteiger partial charge in [-0.2, -0.15) is 0 Å². The van der Waals surface area contributed by atoms with Crippen molar-refractivity contribution in [1.29, 1.82) is 0 Å². The average molecular weight is 293 g/mol. The standard InChI is InChI=1S/C17H27NO3/c1-17(2,8-4-9-19)12-18-15-7-10-21-16-6-5-13(20-3)11-14(15)16/h5-6,11,15,18-19H,4,7-10,12H2,1-3H3. The maximum absolute atomic E-state index is 8.98. The molecule has 0 aliphatic carbocycles. The topological polar surface area (TPSA) is 50.7 Å². The third kappa shape index (κ3) is 4.35. The highest BCUT2D eigenvalue weighted by molar-refractivity contribution is 5.43. The first-order valence-corrected chi connectivity index (χ1v) is 7.71. The zero-order valence-corrected chi connectivity index (χ0v) is 13.3. The molecule has 0 spiro atoms. The van der Waals surface area contributed by atoms with Crippen molar-refractivity contribution < 1.29 is 14.6 Å². The molecular weight excluding hydrogens is 266 g/mol. The molecule has 0 saturated carbocycles. The summed E-state index contributed by atoms with van der Waals surface area (Å²) < 4.78 is 11.0. The van der Waals surface area contributed by atoms with Crippen LogP contribution in [0.2, 0.25) is 0 Å². The molecule has 0 fully saturated rings. The lowest BCUT2D eigenvalue weighted by Gasteiger charge is -2.31. The van der Waals surface area contributed by atoms with E-state index in [1.54, 1.807) is 7.11 Å². The first-order chi connectivity index (χ1) is 10.1. The Bertz CT molecular complexity index is 459. The van der Waals surface area contributed by atoms with Crippen molar-refractivity contribution in [2.45, 2.75) is 39.2 Å². The summed E-state index contributed by atoms with van der Waals surface area (Å²) in [6.45, 7) is 6.41. The minimum absolute atomic E-state index is 0.181. The van der Waals surface area contributed by atoms with Crippen LogP contribution in [0.4, 0.5) is 0 Å². The van der Waals surface area contributed by atoms with E-state index >= 15 is 0 Å². The molecule has 118 valence electrons. The molecule has 0 aromatic heterocycles. The SMILES string of the molecule is COc1ccc2c(c1)C(NCC(C)(C)CCCO)CCO2. The lowest BCUT2D eigenvalue weighted by molar-refractivity contribution is 0.213. The van der Waals surface area contributed by atoms with Crippen LogP contribution in [-0.4, -0.2) is 32.0 Å². The zero-order chi connectivity index (χ0) is 15.3. The Morgan fingerprint density at radius 2 is 2.24 bits per heavy atom. The number of fused-ring (bicyclic) bond motifs is 1. The summed E-state index contributed by atoms with van der Waals surface area (Å²) in [5.74, 6) is 1.82. The summed E-state index contributed by atoms with van der Waals surface area (Å²) in [5, 5.41) is 12.6. The van der Waals surface area contributed by atoms with E-state index in [0.29, 0.717) is 6.04 Å². The fourth-order valence-electron chi connectivity index (χ4n) is 2.76. The number of rotatable bonds is 7. The minimum Gasteiger partial charge on any atom is -0.497 e. The van der Waals surface area contributed by atoms with Crippen LogP contribution >= 0.6 is 0 Å². The molecule has 0 saturated heterocycles. The maximum atomic E-state index is 8.98. The van der Waals surface area contributed by atoms with Crippen molar-refractivity contribution >= 4 is 0 Å². The number of nitrogens with one attached hydrogen (secondary N) is 1. The lowest BCUT2D eigenvalue weighted by Crippen LogP contribution is -2.35. The highest BCUT2D eigenvalue weighted by atomic mass is 16.5. The van der Waals surface area contributed by atoms with Crippen LogP contribution in [0, 0.1) is 5.41 Å². The van der Waals surface area contributed by atoms with Crippen LogP contribution in [0.5, 0.6) is 11.5 Å². The lowest BCUT2D eigenvalue weighted by atomic mass is 9.87. The van der Waals surface area contributed by atoms with Gasteiger partial charge >= 0.3 is 0 Å². The van der Waals surface area contributed by atoms with E-state index in [4.69, 9.17) is 14.6 Å². The Labute approximate surface area is 127 Å². The second-order valence-electron chi connectivity index (χ2n) is 6.47. The van der Waals surface area contributed by atoms with E-state index < -0.39 is 0 Å². The molecule has 4 heteroatoms. The first kappa shape index (κ1) is 16.1. The van der Waals surface area contributed by atoms with Crippen LogP contribution in [-0.2, 0) is 0 Å². The largest absolute Gasteiger partial charge is 0.497 e. The van der Waals surface area contributed by atoms with E-state index in [1.807, 2.05) is 12.1 Å². The molecule has 1 aliphatic rings. The Morgan fingerprint density at radius 1 is 1.43 bits per heavy atom. The molecule has 0 amide bonds. The van der Waals surface area contributed by atoms with Crippen LogP contribution < -0.4 is 14.8 Å². The quantitative estimate of drug-likeness (QED) is 0.811. The van der Waals surface area contributed by atoms with E-state index in [9.17, 15) is 0 Å². The monoisotopic (exact) mass is 293 g/mol. The number of hydrogen-bond donors (Lipinski definition) is 2. The summed E-state index contributed by atoms with van der Waals surface area (Å²) in [5.41, 5.74) is 1.36. The minimum atomic E-state index is 0.181. The molecule has 2 rings (SSSR count). The first-order valence-electron chi connectivity index (χ1n) is 7.71. The Kier molecular flexibility index (Phi) is 5.48. The maximum Gasteiger partial charge on any atom is 0.124 e. The molecule has 0 radical (unpaired) electrons. The smallest absolute Gasteiger partial charge is 0.124 e. The summed E-state index contributed by atoms with van der Waals surface area (Å²) >= 11 is 0. The van der Waals surface area contributed by atoms with Gasteiger partial charge in [-0.05, 0) is 36.5 Å². The fourth-order valence-corrected chi connectivity index (χ4v) is 2.76. The van der Waals surface area contributed by atoms with Crippen molar-refractivity contribution in [2.24, 2.45) is 5.41 Å². The Balaban J connectivity index is 2.02. The van der Waals surface area contributed by atoms with Gasteiger partial charge in [0.2, 0.25) is 0 Å². The van der Waals surface area contributed by atoms with Gasteiger partial charge in [0.25, 0.3) is 0 Å². The number of hydrogen-bond acceptors (Lipinski definition) is 4. The van der Waals surface area contributed by atoms with Crippen LogP contribution in [0.15, 0.2) is 18.2 Å². The van der Waals surface area contributed by atoms with Gasteiger partial charge in [0.05, 0.1) is 13.7 Å². The zero-order valence-electron chi connectivity index (χ0n) is 13.3. The van der Waals surface area contributed by atoms with Gasteiger partial charge in [-0.25, -0.2) is 0 Å². The number of aliphatic hydroxyl groups excluding tert-OH is 1. The van der Waals surface area contributed by atoms with Crippen molar-refractivity contribution in [3.05, 3.63) is 23.8 Å². The van der Waals surface area contributed by atoms with Gasteiger partial charge in [-0.15, -0.1) is 0 Å². The third-order valence-corrected chi connectivity index (χ3v) is 4.10.